The zero-order valence-corrected chi connectivity index (χ0v) is 15.9. The zero-order chi connectivity index (χ0) is 19.1. The third-order valence-corrected chi connectivity index (χ3v) is 4.62. The Bertz CT molecular complexity index is 889. The van der Waals surface area contributed by atoms with Gasteiger partial charge in [-0.2, -0.15) is 0 Å². The van der Waals surface area contributed by atoms with Crippen molar-refractivity contribution in [3.05, 3.63) is 88.9 Å². The van der Waals surface area contributed by atoms with Gasteiger partial charge in [-0.3, -0.25) is 4.79 Å². The van der Waals surface area contributed by atoms with E-state index in [9.17, 15) is 4.79 Å². The quantitative estimate of drug-likeness (QED) is 0.494. The van der Waals surface area contributed by atoms with Crippen molar-refractivity contribution in [2.75, 3.05) is 7.11 Å². The van der Waals surface area contributed by atoms with Crippen molar-refractivity contribution in [1.82, 2.24) is 0 Å². The molecular weight excluding hydrogens is 360 g/mol. The molecule has 0 amide bonds. The summed E-state index contributed by atoms with van der Waals surface area (Å²) in [6, 6.07) is 23.8. The Hall–Kier alpha value is -2.78. The van der Waals surface area contributed by atoms with Crippen LogP contribution in [-0.4, -0.2) is 13.1 Å². The molecule has 0 radical (unpaired) electrons. The number of rotatable bonds is 7. The summed E-state index contributed by atoms with van der Waals surface area (Å²) in [5, 5.41) is 0.722. The number of aryl methyl sites for hydroxylation is 1. The molecule has 27 heavy (non-hydrogen) atoms. The maximum absolute atomic E-state index is 11.2. The predicted octanol–water partition coefficient (Wildman–Crippen LogP) is 5.69. The van der Waals surface area contributed by atoms with E-state index in [1.807, 2.05) is 66.7 Å². The van der Waals surface area contributed by atoms with E-state index in [2.05, 4.69) is 10.8 Å². The van der Waals surface area contributed by atoms with Crippen molar-refractivity contribution in [2.24, 2.45) is 0 Å². The van der Waals surface area contributed by atoms with E-state index in [0.29, 0.717) is 19.4 Å². The van der Waals surface area contributed by atoms with Crippen LogP contribution in [0.3, 0.4) is 0 Å². The molecule has 0 atom stereocenters. The molecule has 0 bridgehead atoms. The Labute approximate surface area is 164 Å². The van der Waals surface area contributed by atoms with Crippen molar-refractivity contribution in [3.63, 3.8) is 0 Å². The second-order valence-electron chi connectivity index (χ2n) is 6.19. The van der Waals surface area contributed by atoms with Gasteiger partial charge in [-0.05, 0) is 47.4 Å². The topological polar surface area (TPSA) is 35.5 Å². The lowest BCUT2D eigenvalue weighted by molar-refractivity contribution is -0.140. The molecule has 0 N–H and O–H groups in total. The van der Waals surface area contributed by atoms with Gasteiger partial charge in [0.1, 0.15) is 12.4 Å². The van der Waals surface area contributed by atoms with E-state index < -0.39 is 0 Å². The fourth-order valence-corrected chi connectivity index (χ4v) is 3.00. The molecule has 0 aliphatic carbocycles. The maximum Gasteiger partial charge on any atom is 0.305 e. The van der Waals surface area contributed by atoms with Crippen LogP contribution in [0.4, 0.5) is 0 Å². The Morgan fingerprint density at radius 3 is 2.33 bits per heavy atom. The number of methoxy groups -OCH3 is 1. The predicted molar refractivity (Wildman–Crippen MR) is 108 cm³/mol. The summed E-state index contributed by atoms with van der Waals surface area (Å²) < 4.78 is 10.5. The number of halogens is 1. The van der Waals surface area contributed by atoms with Gasteiger partial charge in [-0.1, -0.05) is 60.1 Å². The summed E-state index contributed by atoms with van der Waals surface area (Å²) in [6.45, 7) is 0.457. The van der Waals surface area contributed by atoms with Crippen LogP contribution in [0.25, 0.3) is 11.1 Å². The fourth-order valence-electron chi connectivity index (χ4n) is 2.77. The summed E-state index contributed by atoms with van der Waals surface area (Å²) in [7, 11) is 1.40. The Kier molecular flexibility index (Phi) is 6.50. The second-order valence-corrected chi connectivity index (χ2v) is 6.60. The zero-order valence-electron chi connectivity index (χ0n) is 15.2. The van der Waals surface area contributed by atoms with E-state index in [-0.39, 0.29) is 5.97 Å². The highest BCUT2D eigenvalue weighted by molar-refractivity contribution is 6.33. The van der Waals surface area contributed by atoms with Gasteiger partial charge in [0.2, 0.25) is 0 Å². The maximum atomic E-state index is 11.2. The smallest absolute Gasteiger partial charge is 0.305 e. The summed E-state index contributed by atoms with van der Waals surface area (Å²) in [5.41, 5.74) is 4.20. The van der Waals surface area contributed by atoms with Crippen LogP contribution in [0.2, 0.25) is 5.02 Å². The van der Waals surface area contributed by atoms with Crippen LogP contribution < -0.4 is 4.74 Å². The first kappa shape index (κ1) is 19.0. The minimum atomic E-state index is -0.202. The normalized spacial score (nSPS) is 10.4. The van der Waals surface area contributed by atoms with Crippen molar-refractivity contribution < 1.29 is 14.3 Å². The average Bonchev–Trinajstić information content (AvgIpc) is 2.72. The summed E-state index contributed by atoms with van der Waals surface area (Å²) in [5.74, 6) is 0.584. The highest BCUT2D eigenvalue weighted by Crippen LogP contribution is 2.29. The number of esters is 1. The lowest BCUT2D eigenvalue weighted by Crippen LogP contribution is -2.02. The van der Waals surface area contributed by atoms with Crippen molar-refractivity contribution in [1.29, 1.82) is 0 Å². The van der Waals surface area contributed by atoms with Gasteiger partial charge in [0.05, 0.1) is 7.11 Å². The van der Waals surface area contributed by atoms with Gasteiger partial charge >= 0.3 is 5.97 Å². The minimum Gasteiger partial charge on any atom is -0.489 e. The number of hydrogen-bond acceptors (Lipinski definition) is 3. The van der Waals surface area contributed by atoms with Gasteiger partial charge in [0, 0.05) is 17.0 Å². The molecule has 0 aromatic heterocycles. The first-order valence-corrected chi connectivity index (χ1v) is 9.16. The van der Waals surface area contributed by atoms with Crippen LogP contribution in [-0.2, 0) is 22.6 Å². The molecule has 0 aliphatic heterocycles. The van der Waals surface area contributed by atoms with E-state index in [0.717, 1.165) is 33.0 Å². The lowest BCUT2D eigenvalue weighted by atomic mass is 10.0. The fraction of sp³-hybridized carbons (Fsp3) is 0.174. The molecule has 4 heteroatoms. The Morgan fingerprint density at radius 1 is 0.926 bits per heavy atom. The summed E-state index contributed by atoms with van der Waals surface area (Å²) in [4.78, 5) is 11.2. The molecule has 3 aromatic rings. The van der Waals surface area contributed by atoms with Crippen LogP contribution in [0.15, 0.2) is 72.8 Å². The first-order valence-electron chi connectivity index (χ1n) is 8.78. The highest BCUT2D eigenvalue weighted by Gasteiger charge is 2.06. The van der Waals surface area contributed by atoms with E-state index >= 15 is 0 Å². The molecule has 3 aromatic carbocycles. The Morgan fingerprint density at radius 2 is 1.63 bits per heavy atom. The minimum absolute atomic E-state index is 0.202. The first-order chi connectivity index (χ1) is 13.2. The van der Waals surface area contributed by atoms with E-state index in [4.69, 9.17) is 16.3 Å². The van der Waals surface area contributed by atoms with Gasteiger partial charge in [0.25, 0.3) is 0 Å². The molecule has 0 spiro atoms. The Balaban J connectivity index is 1.62. The van der Waals surface area contributed by atoms with Gasteiger partial charge in [-0.25, -0.2) is 0 Å². The third kappa shape index (κ3) is 5.35. The summed E-state index contributed by atoms with van der Waals surface area (Å²) >= 11 is 6.35. The SMILES string of the molecule is COC(=O)CCc1ccc(OCc2ccc(Cl)c(-c3ccccc3)c2)cc1. The molecule has 0 aliphatic rings. The molecule has 0 saturated carbocycles. The largest absolute Gasteiger partial charge is 0.489 e. The monoisotopic (exact) mass is 380 g/mol. The average molecular weight is 381 g/mol. The van der Waals surface area contributed by atoms with Crippen LogP contribution in [0, 0.1) is 0 Å². The third-order valence-electron chi connectivity index (χ3n) is 4.29. The van der Waals surface area contributed by atoms with E-state index in [1.54, 1.807) is 0 Å². The molecule has 0 heterocycles. The van der Waals surface area contributed by atoms with Crippen molar-refractivity contribution >= 4 is 17.6 Å². The molecule has 0 unspecified atom stereocenters. The molecule has 138 valence electrons. The van der Waals surface area contributed by atoms with Gasteiger partial charge in [-0.15, -0.1) is 0 Å². The number of ether oxygens (including phenoxy) is 2. The van der Waals surface area contributed by atoms with Crippen LogP contribution in [0.5, 0.6) is 5.75 Å². The van der Waals surface area contributed by atoms with Crippen molar-refractivity contribution in [3.8, 4) is 16.9 Å². The number of hydrogen-bond donors (Lipinski definition) is 0. The van der Waals surface area contributed by atoms with Crippen LogP contribution >= 0.6 is 11.6 Å². The number of carbonyl (C=O) groups is 1. The molecule has 0 saturated heterocycles. The highest BCUT2D eigenvalue weighted by atomic mass is 35.5. The standard InChI is InChI=1S/C23H21ClO3/c1-26-23(25)14-10-17-7-11-20(12-8-17)27-16-18-9-13-22(24)21(15-18)19-5-3-2-4-6-19/h2-9,11-13,15H,10,14,16H2,1H3. The number of benzene rings is 3. The molecular formula is C23H21ClO3. The second kappa shape index (κ2) is 9.24. The number of carbonyl (C=O) groups excluding carboxylic acids is 1. The van der Waals surface area contributed by atoms with E-state index in [1.165, 1.54) is 7.11 Å². The summed E-state index contributed by atoms with van der Waals surface area (Å²) in [6.07, 6.45) is 1.04. The lowest BCUT2D eigenvalue weighted by Gasteiger charge is -2.10. The van der Waals surface area contributed by atoms with Crippen LogP contribution in [0.1, 0.15) is 17.5 Å². The molecule has 3 rings (SSSR count). The van der Waals surface area contributed by atoms with Gasteiger partial charge in [0.15, 0.2) is 0 Å². The van der Waals surface area contributed by atoms with Gasteiger partial charge < -0.3 is 9.47 Å². The molecule has 3 nitrogen and oxygen atoms in total. The van der Waals surface area contributed by atoms with Crippen molar-refractivity contribution in [2.45, 2.75) is 19.4 Å². The molecule has 0 fully saturated rings.